The van der Waals surface area contributed by atoms with Crippen molar-refractivity contribution < 1.29 is 4.92 Å². The number of hydrogen-bond acceptors (Lipinski definition) is 3. The second-order valence-electron chi connectivity index (χ2n) is 4.19. The van der Waals surface area contributed by atoms with E-state index in [0.29, 0.717) is 18.0 Å². The number of nitrogens with zero attached hydrogens (tertiary/aromatic N) is 1. The van der Waals surface area contributed by atoms with E-state index in [2.05, 4.69) is 21.2 Å². The molecule has 2 aromatic carbocycles. The molecule has 0 aliphatic rings. The van der Waals surface area contributed by atoms with Crippen LogP contribution in [-0.2, 0) is 6.42 Å². The predicted octanol–water partition coefficient (Wildman–Crippen LogP) is 4.67. The monoisotopic (exact) mass is 354 g/mol. The zero-order chi connectivity index (χ0) is 14.5. The molecule has 2 aromatic rings. The van der Waals surface area contributed by atoms with Crippen LogP contribution in [-0.4, -0.2) is 11.5 Å². The highest BCUT2D eigenvalue weighted by molar-refractivity contribution is 9.10. The fourth-order valence-corrected chi connectivity index (χ4v) is 2.69. The smallest absolute Gasteiger partial charge is 0.272 e. The van der Waals surface area contributed by atoms with Crippen LogP contribution in [0.1, 0.15) is 5.56 Å². The molecule has 0 saturated heterocycles. The standard InChI is InChI=1S/C14H12BrClN2O2/c15-12-9-11(16)5-6-13(12)17-8-7-10-3-1-2-4-14(10)18(19)20/h1-6,9,17H,7-8H2. The quantitative estimate of drug-likeness (QED) is 0.626. The van der Waals surface area contributed by atoms with E-state index < -0.39 is 0 Å². The van der Waals surface area contributed by atoms with Gasteiger partial charge < -0.3 is 5.32 Å². The third kappa shape index (κ3) is 3.71. The molecule has 0 bridgehead atoms. The summed E-state index contributed by atoms with van der Waals surface area (Å²) in [6.45, 7) is 0.602. The summed E-state index contributed by atoms with van der Waals surface area (Å²) in [7, 11) is 0. The summed E-state index contributed by atoms with van der Waals surface area (Å²) in [5.41, 5.74) is 1.78. The van der Waals surface area contributed by atoms with Crippen LogP contribution in [0.2, 0.25) is 5.02 Å². The Morgan fingerprint density at radius 3 is 2.70 bits per heavy atom. The summed E-state index contributed by atoms with van der Waals surface area (Å²) in [5, 5.41) is 14.8. The first-order valence-corrected chi connectivity index (χ1v) is 7.16. The normalized spacial score (nSPS) is 10.3. The summed E-state index contributed by atoms with van der Waals surface area (Å²) in [6.07, 6.45) is 0.576. The number of benzene rings is 2. The fraction of sp³-hybridized carbons (Fsp3) is 0.143. The van der Waals surface area contributed by atoms with Crippen molar-refractivity contribution in [2.24, 2.45) is 0 Å². The maximum Gasteiger partial charge on any atom is 0.272 e. The van der Waals surface area contributed by atoms with Crippen LogP contribution in [0, 0.1) is 10.1 Å². The molecule has 0 spiro atoms. The fourth-order valence-electron chi connectivity index (χ4n) is 1.87. The summed E-state index contributed by atoms with van der Waals surface area (Å²) in [4.78, 5) is 10.6. The van der Waals surface area contributed by atoms with Crippen molar-refractivity contribution >= 4 is 38.9 Å². The van der Waals surface area contributed by atoms with E-state index >= 15 is 0 Å². The Balaban J connectivity index is 2.01. The van der Waals surface area contributed by atoms with Gasteiger partial charge in [0.25, 0.3) is 5.69 Å². The molecule has 0 aromatic heterocycles. The van der Waals surface area contributed by atoms with E-state index in [-0.39, 0.29) is 10.6 Å². The van der Waals surface area contributed by atoms with E-state index in [4.69, 9.17) is 11.6 Å². The van der Waals surface area contributed by atoms with Gasteiger partial charge in [-0.2, -0.15) is 0 Å². The number of para-hydroxylation sites is 1. The van der Waals surface area contributed by atoms with Crippen molar-refractivity contribution in [3.63, 3.8) is 0 Å². The second kappa shape index (κ2) is 6.72. The van der Waals surface area contributed by atoms with Gasteiger partial charge in [0, 0.05) is 33.4 Å². The molecular formula is C14H12BrClN2O2. The third-order valence-corrected chi connectivity index (χ3v) is 3.72. The molecule has 0 heterocycles. The molecule has 104 valence electrons. The Labute approximate surface area is 130 Å². The molecule has 0 saturated carbocycles. The van der Waals surface area contributed by atoms with Crippen molar-refractivity contribution in [3.05, 3.63) is 67.6 Å². The molecule has 0 radical (unpaired) electrons. The van der Waals surface area contributed by atoms with E-state index in [1.165, 1.54) is 6.07 Å². The number of halogens is 2. The van der Waals surface area contributed by atoms with Crippen LogP contribution in [0.4, 0.5) is 11.4 Å². The molecule has 0 aliphatic carbocycles. The minimum atomic E-state index is -0.354. The van der Waals surface area contributed by atoms with Crippen LogP contribution < -0.4 is 5.32 Å². The number of nitro groups is 1. The number of rotatable bonds is 5. The Morgan fingerprint density at radius 2 is 2.00 bits per heavy atom. The predicted molar refractivity (Wildman–Crippen MR) is 84.4 cm³/mol. The number of nitrogens with one attached hydrogen (secondary N) is 1. The average Bonchev–Trinajstić information content (AvgIpc) is 2.41. The molecular weight excluding hydrogens is 344 g/mol. The van der Waals surface area contributed by atoms with Crippen LogP contribution in [0.15, 0.2) is 46.9 Å². The molecule has 0 aliphatic heterocycles. The van der Waals surface area contributed by atoms with Gasteiger partial charge in [-0.05, 0) is 40.5 Å². The zero-order valence-electron chi connectivity index (χ0n) is 10.5. The molecule has 0 atom stereocenters. The summed E-state index contributed by atoms with van der Waals surface area (Å²) >= 11 is 9.29. The third-order valence-electron chi connectivity index (χ3n) is 2.83. The van der Waals surface area contributed by atoms with Gasteiger partial charge in [0.2, 0.25) is 0 Å². The highest BCUT2D eigenvalue weighted by Crippen LogP contribution is 2.26. The number of anilines is 1. The van der Waals surface area contributed by atoms with Gasteiger partial charge in [-0.3, -0.25) is 10.1 Å². The van der Waals surface area contributed by atoms with E-state index in [1.807, 2.05) is 6.07 Å². The first-order valence-electron chi connectivity index (χ1n) is 5.99. The molecule has 1 N–H and O–H groups in total. The molecule has 2 rings (SSSR count). The average molecular weight is 356 g/mol. The molecule has 6 heteroatoms. The lowest BCUT2D eigenvalue weighted by Crippen LogP contribution is -2.07. The minimum Gasteiger partial charge on any atom is -0.384 e. The van der Waals surface area contributed by atoms with Gasteiger partial charge in [0.15, 0.2) is 0 Å². The first-order chi connectivity index (χ1) is 9.58. The van der Waals surface area contributed by atoms with Crippen molar-refractivity contribution in [2.45, 2.75) is 6.42 Å². The Kier molecular flexibility index (Phi) is 4.98. The summed E-state index contributed by atoms with van der Waals surface area (Å²) in [6, 6.07) is 12.2. The Morgan fingerprint density at radius 1 is 1.25 bits per heavy atom. The van der Waals surface area contributed by atoms with Crippen molar-refractivity contribution in [1.29, 1.82) is 0 Å². The van der Waals surface area contributed by atoms with Gasteiger partial charge in [0.1, 0.15) is 0 Å². The van der Waals surface area contributed by atoms with Crippen molar-refractivity contribution in [1.82, 2.24) is 0 Å². The zero-order valence-corrected chi connectivity index (χ0v) is 12.8. The lowest BCUT2D eigenvalue weighted by Gasteiger charge is -2.09. The molecule has 0 amide bonds. The summed E-state index contributed by atoms with van der Waals surface area (Å²) in [5.74, 6) is 0. The highest BCUT2D eigenvalue weighted by atomic mass is 79.9. The number of hydrogen-bond donors (Lipinski definition) is 1. The molecule has 0 fully saturated rings. The number of nitro benzene ring substituents is 1. The van der Waals surface area contributed by atoms with E-state index in [1.54, 1.807) is 30.3 Å². The summed E-state index contributed by atoms with van der Waals surface area (Å²) < 4.78 is 0.868. The van der Waals surface area contributed by atoms with E-state index in [9.17, 15) is 10.1 Å². The molecule has 0 unspecified atom stereocenters. The second-order valence-corrected chi connectivity index (χ2v) is 5.48. The van der Waals surface area contributed by atoms with E-state index in [0.717, 1.165) is 15.7 Å². The Bertz CT molecular complexity index is 634. The Hall–Kier alpha value is -1.59. The first kappa shape index (κ1) is 14.8. The van der Waals surface area contributed by atoms with Gasteiger partial charge in [-0.25, -0.2) is 0 Å². The highest BCUT2D eigenvalue weighted by Gasteiger charge is 2.11. The molecule has 4 nitrogen and oxygen atoms in total. The SMILES string of the molecule is O=[N+]([O-])c1ccccc1CCNc1ccc(Cl)cc1Br. The van der Waals surface area contributed by atoms with Gasteiger partial charge >= 0.3 is 0 Å². The lowest BCUT2D eigenvalue weighted by molar-refractivity contribution is -0.385. The maximum atomic E-state index is 10.9. The topological polar surface area (TPSA) is 55.2 Å². The lowest BCUT2D eigenvalue weighted by atomic mass is 10.1. The van der Waals surface area contributed by atoms with Gasteiger partial charge in [-0.1, -0.05) is 29.8 Å². The van der Waals surface area contributed by atoms with Crippen LogP contribution in [0.25, 0.3) is 0 Å². The molecule has 20 heavy (non-hydrogen) atoms. The van der Waals surface area contributed by atoms with Crippen LogP contribution >= 0.6 is 27.5 Å². The van der Waals surface area contributed by atoms with Crippen molar-refractivity contribution in [2.75, 3.05) is 11.9 Å². The van der Waals surface area contributed by atoms with Crippen LogP contribution in [0.5, 0.6) is 0 Å². The van der Waals surface area contributed by atoms with Gasteiger partial charge in [0.05, 0.1) is 4.92 Å². The largest absolute Gasteiger partial charge is 0.384 e. The van der Waals surface area contributed by atoms with Crippen molar-refractivity contribution in [3.8, 4) is 0 Å². The van der Waals surface area contributed by atoms with Gasteiger partial charge in [-0.15, -0.1) is 0 Å². The van der Waals surface area contributed by atoms with Crippen LogP contribution in [0.3, 0.4) is 0 Å². The minimum absolute atomic E-state index is 0.157. The maximum absolute atomic E-state index is 10.9.